The van der Waals surface area contributed by atoms with Crippen LogP contribution in [0.2, 0.25) is 5.02 Å². The summed E-state index contributed by atoms with van der Waals surface area (Å²) in [7, 11) is 1.70. The van der Waals surface area contributed by atoms with Crippen molar-refractivity contribution in [2.24, 2.45) is 4.99 Å². The predicted octanol–water partition coefficient (Wildman–Crippen LogP) is 3.19. The zero-order valence-electron chi connectivity index (χ0n) is 13.2. The number of hydrogen-bond acceptors (Lipinski definition) is 2. The Morgan fingerprint density at radius 2 is 1.95 bits per heavy atom. The Hall–Kier alpha value is -0.530. The lowest BCUT2D eigenvalue weighted by molar-refractivity contribution is 0.203. The van der Waals surface area contributed by atoms with E-state index in [1.54, 1.807) is 7.11 Å². The molecule has 1 aromatic carbocycles. The summed E-state index contributed by atoms with van der Waals surface area (Å²) in [5.74, 6) is 0.856. The molecule has 124 valence electrons. The quantitative estimate of drug-likeness (QED) is 0.298. The van der Waals surface area contributed by atoms with Crippen molar-refractivity contribution < 1.29 is 4.74 Å². The van der Waals surface area contributed by atoms with Crippen LogP contribution in [0.15, 0.2) is 29.3 Å². The Bertz CT molecular complexity index is 475. The van der Waals surface area contributed by atoms with Crippen LogP contribution < -0.4 is 10.6 Å². The maximum atomic E-state index is 5.96. The van der Waals surface area contributed by atoms with Crippen LogP contribution in [0, 0.1) is 0 Å². The molecule has 0 radical (unpaired) electrons. The molecule has 0 heterocycles. The highest BCUT2D eigenvalue weighted by Crippen LogP contribution is 2.48. The molecular formula is C16H25ClIN3O. The van der Waals surface area contributed by atoms with Gasteiger partial charge in [-0.2, -0.15) is 0 Å². The van der Waals surface area contributed by atoms with E-state index in [1.165, 1.54) is 18.4 Å². The second-order valence-electron chi connectivity index (χ2n) is 5.40. The molecule has 0 bridgehead atoms. The Labute approximate surface area is 155 Å². The minimum atomic E-state index is 0. The highest BCUT2D eigenvalue weighted by molar-refractivity contribution is 14.0. The molecule has 1 aliphatic rings. The summed E-state index contributed by atoms with van der Waals surface area (Å²) in [4.78, 5) is 4.72. The summed E-state index contributed by atoms with van der Waals surface area (Å²) in [6.45, 7) is 5.16. The number of halogens is 2. The van der Waals surface area contributed by atoms with Crippen LogP contribution in [0.1, 0.15) is 25.3 Å². The highest BCUT2D eigenvalue weighted by Gasteiger charge is 2.44. The second-order valence-corrected chi connectivity index (χ2v) is 5.84. The summed E-state index contributed by atoms with van der Waals surface area (Å²) < 4.78 is 5.05. The maximum absolute atomic E-state index is 5.96. The zero-order valence-corrected chi connectivity index (χ0v) is 16.3. The fourth-order valence-electron chi connectivity index (χ4n) is 2.34. The number of nitrogens with one attached hydrogen (secondary N) is 2. The van der Waals surface area contributed by atoms with Gasteiger partial charge in [0, 0.05) is 30.6 Å². The molecule has 0 unspecified atom stereocenters. The van der Waals surface area contributed by atoms with Crippen molar-refractivity contribution in [1.29, 1.82) is 0 Å². The largest absolute Gasteiger partial charge is 0.383 e. The molecule has 22 heavy (non-hydrogen) atoms. The smallest absolute Gasteiger partial charge is 0.191 e. The molecule has 6 heteroatoms. The summed E-state index contributed by atoms with van der Waals surface area (Å²) >= 11 is 5.96. The van der Waals surface area contributed by atoms with Gasteiger partial charge in [0.05, 0.1) is 13.2 Å². The molecule has 0 saturated heterocycles. The number of nitrogens with zero attached hydrogens (tertiary/aromatic N) is 1. The van der Waals surface area contributed by atoms with Gasteiger partial charge in [-0.1, -0.05) is 23.7 Å². The third-order valence-electron chi connectivity index (χ3n) is 3.79. The van der Waals surface area contributed by atoms with E-state index in [-0.39, 0.29) is 29.4 Å². The number of benzene rings is 1. The number of aliphatic imine (C=N–C) groups is 1. The first-order chi connectivity index (χ1) is 10.2. The first-order valence-electron chi connectivity index (χ1n) is 7.47. The Morgan fingerprint density at radius 3 is 2.50 bits per heavy atom. The number of hydrogen-bond donors (Lipinski definition) is 2. The van der Waals surface area contributed by atoms with Crippen LogP contribution in [0.4, 0.5) is 0 Å². The molecule has 0 atom stereocenters. The van der Waals surface area contributed by atoms with Crippen molar-refractivity contribution >= 4 is 41.5 Å². The lowest BCUT2D eigenvalue weighted by Gasteiger charge is -2.16. The highest BCUT2D eigenvalue weighted by atomic mass is 127. The Balaban J connectivity index is 0.00000242. The summed E-state index contributed by atoms with van der Waals surface area (Å²) in [6.07, 6.45) is 2.38. The van der Waals surface area contributed by atoms with E-state index in [1.807, 2.05) is 12.1 Å². The van der Waals surface area contributed by atoms with Crippen LogP contribution in [0.5, 0.6) is 0 Å². The third-order valence-corrected chi connectivity index (χ3v) is 4.04. The van der Waals surface area contributed by atoms with Gasteiger partial charge in [0.2, 0.25) is 0 Å². The number of ether oxygens (including phenoxy) is 1. The molecule has 1 saturated carbocycles. The molecule has 0 aliphatic heterocycles. The van der Waals surface area contributed by atoms with E-state index in [0.29, 0.717) is 6.61 Å². The minimum absolute atomic E-state index is 0. The number of methoxy groups -OCH3 is 1. The lowest BCUT2D eigenvalue weighted by Crippen LogP contribution is -2.39. The van der Waals surface area contributed by atoms with Crippen LogP contribution >= 0.6 is 35.6 Å². The van der Waals surface area contributed by atoms with Crippen molar-refractivity contribution in [2.45, 2.75) is 25.2 Å². The van der Waals surface area contributed by atoms with Gasteiger partial charge in [-0.25, -0.2) is 0 Å². The molecule has 1 fully saturated rings. The first-order valence-corrected chi connectivity index (χ1v) is 7.85. The van der Waals surface area contributed by atoms with Gasteiger partial charge in [-0.15, -0.1) is 24.0 Å². The van der Waals surface area contributed by atoms with Crippen molar-refractivity contribution in [3.8, 4) is 0 Å². The summed E-state index contributed by atoms with van der Waals surface area (Å²) in [5.41, 5.74) is 1.54. The van der Waals surface area contributed by atoms with Crippen molar-refractivity contribution in [1.82, 2.24) is 10.6 Å². The van der Waals surface area contributed by atoms with Gasteiger partial charge in [-0.3, -0.25) is 4.99 Å². The van der Waals surface area contributed by atoms with Crippen LogP contribution in [-0.4, -0.2) is 39.3 Å². The molecule has 2 N–H and O–H groups in total. The van der Waals surface area contributed by atoms with Gasteiger partial charge in [0.25, 0.3) is 0 Å². The lowest BCUT2D eigenvalue weighted by atomic mass is 9.96. The average Bonchev–Trinajstić information content (AvgIpc) is 3.27. The molecule has 0 spiro atoms. The number of rotatable bonds is 7. The fourth-order valence-corrected chi connectivity index (χ4v) is 2.46. The second kappa shape index (κ2) is 9.57. The molecule has 4 nitrogen and oxygen atoms in total. The van der Waals surface area contributed by atoms with Crippen LogP contribution in [0.25, 0.3) is 0 Å². The van der Waals surface area contributed by atoms with E-state index >= 15 is 0 Å². The summed E-state index contributed by atoms with van der Waals surface area (Å²) in [6, 6.07) is 8.16. The molecule has 2 rings (SSSR count). The Kier molecular flexibility index (Phi) is 8.49. The van der Waals surface area contributed by atoms with Gasteiger partial charge < -0.3 is 15.4 Å². The Morgan fingerprint density at radius 1 is 1.27 bits per heavy atom. The van der Waals surface area contributed by atoms with Crippen molar-refractivity contribution in [2.75, 3.05) is 33.4 Å². The van der Waals surface area contributed by atoms with Crippen molar-refractivity contribution in [3.05, 3.63) is 34.9 Å². The molecule has 1 aromatic rings. The van der Waals surface area contributed by atoms with Crippen LogP contribution in [0.3, 0.4) is 0 Å². The molecular weight excluding hydrogens is 413 g/mol. The summed E-state index contributed by atoms with van der Waals surface area (Å²) in [5, 5.41) is 7.32. The first kappa shape index (κ1) is 19.5. The predicted molar refractivity (Wildman–Crippen MR) is 104 cm³/mol. The normalized spacial score (nSPS) is 15.9. The third kappa shape index (κ3) is 5.59. The minimum Gasteiger partial charge on any atom is -0.383 e. The van der Waals surface area contributed by atoms with Gasteiger partial charge in [0.15, 0.2) is 5.96 Å². The van der Waals surface area contributed by atoms with E-state index in [2.05, 4.69) is 29.7 Å². The topological polar surface area (TPSA) is 45.7 Å². The molecule has 0 amide bonds. The van der Waals surface area contributed by atoms with E-state index in [9.17, 15) is 0 Å². The van der Waals surface area contributed by atoms with Gasteiger partial charge in [-0.05, 0) is 37.5 Å². The van der Waals surface area contributed by atoms with Crippen molar-refractivity contribution in [3.63, 3.8) is 0 Å². The maximum Gasteiger partial charge on any atom is 0.191 e. The standard InChI is InChI=1S/C16H24ClN3O.HI/c1-3-18-15(19-10-11-21-2)20-12-16(8-9-16)13-4-6-14(17)7-5-13;/h4-7H,3,8-12H2,1-2H3,(H2,18,19,20);1H. The molecule has 0 aromatic heterocycles. The molecule has 1 aliphatic carbocycles. The average molecular weight is 438 g/mol. The van der Waals surface area contributed by atoms with Crippen LogP contribution in [-0.2, 0) is 10.2 Å². The zero-order chi connectivity index (χ0) is 15.1. The number of guanidine groups is 1. The van der Waals surface area contributed by atoms with E-state index < -0.39 is 0 Å². The monoisotopic (exact) mass is 437 g/mol. The van der Waals surface area contributed by atoms with Gasteiger partial charge in [0.1, 0.15) is 0 Å². The fraction of sp³-hybridized carbons (Fsp3) is 0.562. The van der Waals surface area contributed by atoms with Gasteiger partial charge >= 0.3 is 0 Å². The SMILES string of the molecule is CCNC(=NCC1(c2ccc(Cl)cc2)CC1)NCCOC.I. The van der Waals surface area contributed by atoms with E-state index in [0.717, 1.165) is 30.6 Å². The van der Waals surface area contributed by atoms with E-state index in [4.69, 9.17) is 21.3 Å².